The Morgan fingerprint density at radius 1 is 1.45 bits per heavy atom. The molecule has 11 heavy (non-hydrogen) atoms. The first-order valence-corrected chi connectivity index (χ1v) is 4.35. The summed E-state index contributed by atoms with van der Waals surface area (Å²) in [5.74, 6) is 0. The Hall–Kier alpha value is -0.540. The Labute approximate surface area is 74.1 Å². The Kier molecular flexibility index (Phi) is 1.62. The van der Waals surface area contributed by atoms with Crippen molar-refractivity contribution in [3.8, 4) is 0 Å². The third-order valence-corrected chi connectivity index (χ3v) is 3.03. The number of hydrazine groups is 1. The van der Waals surface area contributed by atoms with Gasteiger partial charge in [0.15, 0.2) is 0 Å². The van der Waals surface area contributed by atoms with E-state index in [0.717, 1.165) is 6.54 Å². The Balaban J connectivity index is 2.62. The van der Waals surface area contributed by atoms with Gasteiger partial charge in [0.05, 0.1) is 5.69 Å². The molecule has 0 bridgehead atoms. The fourth-order valence-corrected chi connectivity index (χ4v) is 1.74. The molecule has 0 atom stereocenters. The fraction of sp³-hybridized carbons (Fsp3) is 0.250. The van der Waals surface area contributed by atoms with Gasteiger partial charge in [-0.1, -0.05) is 22.0 Å². The van der Waals surface area contributed by atoms with Crippen LogP contribution in [0.2, 0.25) is 0 Å². The molecule has 0 amide bonds. The molecule has 0 unspecified atom stereocenters. The predicted octanol–water partition coefficient (Wildman–Crippen LogP) is 2.19. The van der Waals surface area contributed by atoms with Crippen molar-refractivity contribution >= 4 is 21.6 Å². The normalized spacial score (nSPS) is 14.4. The number of hydrogen-bond donors (Lipinski definition) is 2. The van der Waals surface area contributed by atoms with Gasteiger partial charge in [-0.25, -0.2) is 5.43 Å². The molecule has 2 N–H and O–H groups in total. The average Bonchev–Trinajstić information content (AvgIpc) is 2.45. The average molecular weight is 213 g/mol. The van der Waals surface area contributed by atoms with Gasteiger partial charge in [-0.05, 0) is 18.6 Å². The summed E-state index contributed by atoms with van der Waals surface area (Å²) in [7, 11) is 0. The minimum absolute atomic E-state index is 0.900. The van der Waals surface area contributed by atoms with Crippen LogP contribution in [0.3, 0.4) is 0 Å². The third kappa shape index (κ3) is 1.04. The molecule has 0 fully saturated rings. The molecule has 1 aromatic carbocycles. The minimum Gasteiger partial charge on any atom is -0.321 e. The molecule has 1 aliphatic heterocycles. The summed E-state index contributed by atoms with van der Waals surface area (Å²) in [4.78, 5) is 0. The molecule has 0 aliphatic carbocycles. The maximum Gasteiger partial charge on any atom is 0.0544 e. The molecule has 3 heteroatoms. The number of hydrogen-bond acceptors (Lipinski definition) is 2. The van der Waals surface area contributed by atoms with Crippen LogP contribution < -0.4 is 10.9 Å². The Morgan fingerprint density at radius 3 is 3.09 bits per heavy atom. The van der Waals surface area contributed by atoms with Crippen LogP contribution in [0.5, 0.6) is 0 Å². The summed E-state index contributed by atoms with van der Waals surface area (Å²) in [6, 6.07) is 4.19. The van der Waals surface area contributed by atoms with Crippen molar-refractivity contribution in [2.75, 3.05) is 5.43 Å². The van der Waals surface area contributed by atoms with Gasteiger partial charge in [0, 0.05) is 16.6 Å². The maximum atomic E-state index is 3.55. The first kappa shape index (κ1) is 7.13. The molecular formula is C8H9BrN2. The molecular weight excluding hydrogens is 204 g/mol. The second-order valence-corrected chi connectivity index (χ2v) is 3.49. The Morgan fingerprint density at radius 2 is 2.27 bits per heavy atom. The summed E-state index contributed by atoms with van der Waals surface area (Å²) in [5, 5.41) is 0. The van der Waals surface area contributed by atoms with Gasteiger partial charge in [-0.2, -0.15) is 0 Å². The molecule has 58 valence electrons. The molecule has 1 heterocycles. The van der Waals surface area contributed by atoms with E-state index in [1.807, 2.05) is 0 Å². The number of benzene rings is 1. The van der Waals surface area contributed by atoms with Gasteiger partial charge in [-0.3, -0.25) is 0 Å². The number of aryl methyl sites for hydroxylation is 1. The van der Waals surface area contributed by atoms with Crippen molar-refractivity contribution in [1.29, 1.82) is 0 Å². The molecule has 1 aromatic rings. The van der Waals surface area contributed by atoms with Crippen molar-refractivity contribution in [1.82, 2.24) is 5.43 Å². The zero-order chi connectivity index (χ0) is 7.84. The summed E-state index contributed by atoms with van der Waals surface area (Å²) in [6.45, 7) is 3.00. The summed E-state index contributed by atoms with van der Waals surface area (Å²) in [6.07, 6.45) is 0. The van der Waals surface area contributed by atoms with E-state index in [0.29, 0.717) is 0 Å². The van der Waals surface area contributed by atoms with Crippen molar-refractivity contribution in [2.24, 2.45) is 0 Å². The first-order valence-electron chi connectivity index (χ1n) is 3.56. The van der Waals surface area contributed by atoms with Crippen molar-refractivity contribution < 1.29 is 0 Å². The molecule has 0 radical (unpaired) electrons. The lowest BCUT2D eigenvalue weighted by atomic mass is 10.1. The van der Waals surface area contributed by atoms with Crippen molar-refractivity contribution in [3.63, 3.8) is 0 Å². The van der Waals surface area contributed by atoms with Gasteiger partial charge in [-0.15, -0.1) is 0 Å². The predicted molar refractivity (Wildman–Crippen MR) is 49.3 cm³/mol. The quantitative estimate of drug-likeness (QED) is 0.690. The number of anilines is 1. The Bertz CT molecular complexity index is 296. The monoisotopic (exact) mass is 212 g/mol. The van der Waals surface area contributed by atoms with Crippen LogP contribution in [0.1, 0.15) is 11.1 Å². The van der Waals surface area contributed by atoms with Crippen LogP contribution in [0.4, 0.5) is 5.69 Å². The van der Waals surface area contributed by atoms with Gasteiger partial charge in [0.25, 0.3) is 0 Å². The summed E-state index contributed by atoms with van der Waals surface area (Å²) >= 11 is 3.55. The zero-order valence-electron chi connectivity index (χ0n) is 6.24. The van der Waals surface area contributed by atoms with E-state index in [1.165, 1.54) is 21.3 Å². The van der Waals surface area contributed by atoms with Crippen LogP contribution in [0.25, 0.3) is 0 Å². The number of nitrogens with one attached hydrogen (secondary N) is 2. The van der Waals surface area contributed by atoms with Crippen molar-refractivity contribution in [2.45, 2.75) is 13.5 Å². The van der Waals surface area contributed by atoms with E-state index in [4.69, 9.17) is 0 Å². The fourth-order valence-electron chi connectivity index (χ4n) is 1.26. The van der Waals surface area contributed by atoms with Crippen LogP contribution in [-0.2, 0) is 6.54 Å². The lowest BCUT2D eigenvalue weighted by Crippen LogP contribution is -2.10. The topological polar surface area (TPSA) is 24.1 Å². The van der Waals surface area contributed by atoms with Crippen LogP contribution in [0.15, 0.2) is 16.6 Å². The highest BCUT2D eigenvalue weighted by Crippen LogP contribution is 2.30. The minimum atomic E-state index is 0.900. The summed E-state index contributed by atoms with van der Waals surface area (Å²) < 4.78 is 1.22. The smallest absolute Gasteiger partial charge is 0.0544 e. The van der Waals surface area contributed by atoms with Gasteiger partial charge >= 0.3 is 0 Å². The van der Waals surface area contributed by atoms with E-state index in [-0.39, 0.29) is 0 Å². The van der Waals surface area contributed by atoms with Crippen LogP contribution >= 0.6 is 15.9 Å². The summed E-state index contributed by atoms with van der Waals surface area (Å²) in [5.41, 5.74) is 9.96. The van der Waals surface area contributed by atoms with Crippen molar-refractivity contribution in [3.05, 3.63) is 27.7 Å². The van der Waals surface area contributed by atoms with Crippen LogP contribution in [-0.4, -0.2) is 0 Å². The zero-order valence-corrected chi connectivity index (χ0v) is 7.83. The molecule has 0 saturated heterocycles. The van der Waals surface area contributed by atoms with Gasteiger partial charge in [0.2, 0.25) is 0 Å². The number of fused-ring (bicyclic) bond motifs is 1. The lowest BCUT2D eigenvalue weighted by Gasteiger charge is -2.02. The first-order chi connectivity index (χ1) is 5.29. The highest BCUT2D eigenvalue weighted by atomic mass is 79.9. The van der Waals surface area contributed by atoms with E-state index in [9.17, 15) is 0 Å². The third-order valence-electron chi connectivity index (χ3n) is 1.92. The molecule has 0 aromatic heterocycles. The SMILES string of the molecule is Cc1ccc2c(c1Br)CNN2. The standard InChI is InChI=1S/C8H9BrN2/c1-5-2-3-7-6(8(5)9)4-10-11-7/h2-3,10-11H,4H2,1H3. The highest BCUT2D eigenvalue weighted by Gasteiger charge is 2.13. The molecule has 0 saturated carbocycles. The number of rotatable bonds is 0. The van der Waals surface area contributed by atoms with E-state index in [2.05, 4.69) is 45.8 Å². The van der Waals surface area contributed by atoms with E-state index >= 15 is 0 Å². The van der Waals surface area contributed by atoms with Crippen LogP contribution in [0, 0.1) is 6.92 Å². The molecule has 2 rings (SSSR count). The largest absolute Gasteiger partial charge is 0.321 e. The van der Waals surface area contributed by atoms with E-state index in [1.54, 1.807) is 0 Å². The van der Waals surface area contributed by atoms with Gasteiger partial charge in [0.1, 0.15) is 0 Å². The maximum absolute atomic E-state index is 3.55. The lowest BCUT2D eigenvalue weighted by molar-refractivity contribution is 0.857. The molecule has 0 spiro atoms. The molecule has 1 aliphatic rings. The highest BCUT2D eigenvalue weighted by molar-refractivity contribution is 9.10. The number of halogens is 1. The second-order valence-electron chi connectivity index (χ2n) is 2.70. The van der Waals surface area contributed by atoms with Gasteiger partial charge < -0.3 is 5.43 Å². The van der Waals surface area contributed by atoms with E-state index < -0.39 is 0 Å². The second kappa shape index (κ2) is 2.50. The molecule has 2 nitrogen and oxygen atoms in total.